The third kappa shape index (κ3) is 2.59. The fraction of sp³-hybridized carbons (Fsp3) is 0.200. The summed E-state index contributed by atoms with van der Waals surface area (Å²) in [6, 6.07) is 14.1. The van der Waals surface area contributed by atoms with Crippen LogP contribution < -0.4 is 10.5 Å². The molecule has 0 unspecified atom stereocenters. The second-order valence-corrected chi connectivity index (χ2v) is 4.19. The summed E-state index contributed by atoms with van der Waals surface area (Å²) >= 11 is 0. The average molecular weight is 227 g/mol. The maximum absolute atomic E-state index is 5.99. The lowest BCUT2D eigenvalue weighted by Gasteiger charge is -2.10. The molecule has 2 aromatic rings. The van der Waals surface area contributed by atoms with Crippen LogP contribution in [-0.4, -0.2) is 7.11 Å². The predicted octanol–water partition coefficient (Wildman–Crippen LogP) is 3.18. The molecule has 2 heteroatoms. The Bertz CT molecular complexity index is 520. The van der Waals surface area contributed by atoms with Gasteiger partial charge in [0.1, 0.15) is 5.75 Å². The van der Waals surface area contributed by atoms with E-state index in [1.807, 2.05) is 30.3 Å². The quantitative estimate of drug-likeness (QED) is 0.817. The molecular weight excluding hydrogens is 210 g/mol. The van der Waals surface area contributed by atoms with Crippen LogP contribution in [0.15, 0.2) is 42.5 Å². The van der Waals surface area contributed by atoms with Gasteiger partial charge in [0.15, 0.2) is 0 Å². The number of rotatable bonds is 3. The van der Waals surface area contributed by atoms with Crippen LogP contribution in [0.4, 0.5) is 5.69 Å². The Morgan fingerprint density at radius 1 is 1.06 bits per heavy atom. The van der Waals surface area contributed by atoms with Crippen molar-refractivity contribution in [2.45, 2.75) is 13.3 Å². The summed E-state index contributed by atoms with van der Waals surface area (Å²) < 4.78 is 5.35. The van der Waals surface area contributed by atoms with Gasteiger partial charge in [0, 0.05) is 12.1 Å². The zero-order chi connectivity index (χ0) is 12.3. The minimum absolute atomic E-state index is 0.803. The zero-order valence-electron chi connectivity index (χ0n) is 10.2. The van der Waals surface area contributed by atoms with Crippen molar-refractivity contribution in [2.75, 3.05) is 12.8 Å². The van der Waals surface area contributed by atoms with Gasteiger partial charge in [-0.25, -0.2) is 0 Å². The van der Waals surface area contributed by atoms with E-state index in [-0.39, 0.29) is 0 Å². The van der Waals surface area contributed by atoms with E-state index in [9.17, 15) is 0 Å². The van der Waals surface area contributed by atoms with Crippen LogP contribution in [0.1, 0.15) is 16.7 Å². The number of methoxy groups -OCH3 is 1. The molecule has 17 heavy (non-hydrogen) atoms. The number of hydrogen-bond donors (Lipinski definition) is 1. The lowest BCUT2D eigenvalue weighted by Crippen LogP contribution is -1.98. The highest BCUT2D eigenvalue weighted by Crippen LogP contribution is 2.24. The Kier molecular flexibility index (Phi) is 3.33. The summed E-state index contributed by atoms with van der Waals surface area (Å²) in [6.45, 7) is 2.07. The van der Waals surface area contributed by atoms with E-state index >= 15 is 0 Å². The first-order valence-corrected chi connectivity index (χ1v) is 5.67. The number of hydrogen-bond acceptors (Lipinski definition) is 2. The maximum atomic E-state index is 5.99. The van der Waals surface area contributed by atoms with Gasteiger partial charge in [-0.3, -0.25) is 0 Å². The zero-order valence-corrected chi connectivity index (χ0v) is 10.2. The molecule has 2 rings (SSSR count). The van der Waals surface area contributed by atoms with Gasteiger partial charge in [0.25, 0.3) is 0 Å². The summed E-state index contributed by atoms with van der Waals surface area (Å²) in [6.07, 6.45) is 0.803. The van der Waals surface area contributed by atoms with E-state index in [0.717, 1.165) is 29.0 Å². The monoisotopic (exact) mass is 227 g/mol. The largest absolute Gasteiger partial charge is 0.496 e. The molecular formula is C15H17NO. The van der Waals surface area contributed by atoms with Crippen molar-refractivity contribution in [1.82, 2.24) is 0 Å². The molecule has 88 valence electrons. The minimum atomic E-state index is 0.803. The Labute approximate surface area is 102 Å². The summed E-state index contributed by atoms with van der Waals surface area (Å²) in [5.74, 6) is 0.911. The van der Waals surface area contributed by atoms with Crippen LogP contribution in [0.2, 0.25) is 0 Å². The summed E-state index contributed by atoms with van der Waals surface area (Å²) in [7, 11) is 1.69. The normalized spacial score (nSPS) is 10.2. The number of nitrogen functional groups attached to an aromatic ring is 1. The number of ether oxygens (including phenoxy) is 1. The van der Waals surface area contributed by atoms with Crippen molar-refractivity contribution in [3.05, 3.63) is 59.2 Å². The molecule has 0 fully saturated rings. The number of para-hydroxylation sites is 1. The SMILES string of the molecule is COc1ccccc1Cc1cc(C)ccc1N. The van der Waals surface area contributed by atoms with E-state index in [0.29, 0.717) is 0 Å². The molecule has 0 amide bonds. The molecule has 0 aliphatic carbocycles. The van der Waals surface area contributed by atoms with Crippen molar-refractivity contribution >= 4 is 5.69 Å². The van der Waals surface area contributed by atoms with E-state index < -0.39 is 0 Å². The first kappa shape index (κ1) is 11.5. The molecule has 0 radical (unpaired) electrons. The van der Waals surface area contributed by atoms with Gasteiger partial charge >= 0.3 is 0 Å². The number of nitrogens with two attached hydrogens (primary N) is 1. The molecule has 0 aliphatic heterocycles. The number of anilines is 1. The molecule has 2 N–H and O–H groups in total. The third-order valence-electron chi connectivity index (χ3n) is 2.87. The van der Waals surface area contributed by atoms with Crippen molar-refractivity contribution < 1.29 is 4.74 Å². The van der Waals surface area contributed by atoms with Gasteiger partial charge in [0.05, 0.1) is 7.11 Å². The van der Waals surface area contributed by atoms with Crippen molar-refractivity contribution in [3.8, 4) is 5.75 Å². The Morgan fingerprint density at radius 2 is 1.82 bits per heavy atom. The highest BCUT2D eigenvalue weighted by atomic mass is 16.5. The second kappa shape index (κ2) is 4.91. The predicted molar refractivity (Wildman–Crippen MR) is 71.4 cm³/mol. The van der Waals surface area contributed by atoms with Gasteiger partial charge < -0.3 is 10.5 Å². The van der Waals surface area contributed by atoms with Crippen LogP contribution in [-0.2, 0) is 6.42 Å². The maximum Gasteiger partial charge on any atom is 0.122 e. The molecule has 0 atom stereocenters. The van der Waals surface area contributed by atoms with Crippen LogP contribution >= 0.6 is 0 Å². The molecule has 2 nitrogen and oxygen atoms in total. The smallest absolute Gasteiger partial charge is 0.122 e. The van der Waals surface area contributed by atoms with Gasteiger partial charge in [-0.05, 0) is 30.2 Å². The van der Waals surface area contributed by atoms with Crippen LogP contribution in [0.3, 0.4) is 0 Å². The molecule has 0 aliphatic rings. The minimum Gasteiger partial charge on any atom is -0.496 e. The number of aryl methyl sites for hydroxylation is 1. The average Bonchev–Trinajstić information content (AvgIpc) is 2.34. The van der Waals surface area contributed by atoms with Crippen molar-refractivity contribution in [2.24, 2.45) is 0 Å². The fourth-order valence-corrected chi connectivity index (χ4v) is 1.94. The van der Waals surface area contributed by atoms with Crippen LogP contribution in [0.25, 0.3) is 0 Å². The number of benzene rings is 2. The molecule has 0 saturated carbocycles. The van der Waals surface area contributed by atoms with Crippen molar-refractivity contribution in [3.63, 3.8) is 0 Å². The first-order valence-electron chi connectivity index (χ1n) is 5.67. The highest BCUT2D eigenvalue weighted by Gasteiger charge is 2.05. The van der Waals surface area contributed by atoms with Crippen molar-refractivity contribution in [1.29, 1.82) is 0 Å². The summed E-state index contributed by atoms with van der Waals surface area (Å²) in [5, 5.41) is 0. The topological polar surface area (TPSA) is 35.2 Å². The molecule has 0 spiro atoms. The third-order valence-corrected chi connectivity index (χ3v) is 2.87. The van der Waals surface area contributed by atoms with E-state index in [2.05, 4.69) is 19.1 Å². The van der Waals surface area contributed by atoms with Gasteiger partial charge in [-0.1, -0.05) is 35.9 Å². The molecule has 0 bridgehead atoms. The standard InChI is InChI=1S/C15H17NO/c1-11-7-8-14(16)13(9-11)10-12-5-3-4-6-15(12)17-2/h3-9H,10,16H2,1-2H3. The Hall–Kier alpha value is -1.96. The van der Waals surface area contributed by atoms with E-state index in [1.54, 1.807) is 7.11 Å². The van der Waals surface area contributed by atoms with Crippen LogP contribution in [0, 0.1) is 6.92 Å². The lowest BCUT2D eigenvalue weighted by atomic mass is 10.0. The van der Waals surface area contributed by atoms with E-state index in [1.165, 1.54) is 5.56 Å². The summed E-state index contributed by atoms with van der Waals surface area (Å²) in [4.78, 5) is 0. The van der Waals surface area contributed by atoms with Gasteiger partial charge in [-0.15, -0.1) is 0 Å². The molecule has 0 heterocycles. The second-order valence-electron chi connectivity index (χ2n) is 4.19. The first-order chi connectivity index (χ1) is 8.20. The Balaban J connectivity index is 2.34. The molecule has 0 saturated heterocycles. The summed E-state index contributed by atoms with van der Waals surface area (Å²) in [5.41, 5.74) is 10.4. The van der Waals surface area contributed by atoms with E-state index in [4.69, 9.17) is 10.5 Å². The Morgan fingerprint density at radius 3 is 2.59 bits per heavy atom. The highest BCUT2D eigenvalue weighted by molar-refractivity contribution is 5.51. The fourth-order valence-electron chi connectivity index (χ4n) is 1.94. The molecule has 2 aromatic carbocycles. The van der Waals surface area contributed by atoms with Gasteiger partial charge in [0.2, 0.25) is 0 Å². The molecule has 0 aromatic heterocycles. The van der Waals surface area contributed by atoms with Gasteiger partial charge in [-0.2, -0.15) is 0 Å². The van der Waals surface area contributed by atoms with Crippen LogP contribution in [0.5, 0.6) is 5.75 Å². The lowest BCUT2D eigenvalue weighted by molar-refractivity contribution is 0.410.